The van der Waals surface area contributed by atoms with Gasteiger partial charge in [-0.25, -0.2) is 0 Å². The van der Waals surface area contributed by atoms with Crippen LogP contribution in [0.15, 0.2) is 17.1 Å². The van der Waals surface area contributed by atoms with Gasteiger partial charge in [-0.1, -0.05) is 11.6 Å². The molecule has 0 bridgehead atoms. The minimum atomic E-state index is 0.167. The van der Waals surface area contributed by atoms with Crippen LogP contribution in [0, 0.1) is 0 Å². The molecule has 0 amide bonds. The molecule has 1 aliphatic rings. The van der Waals surface area contributed by atoms with Crippen LogP contribution < -0.4 is 20.1 Å². The molecule has 0 radical (unpaired) electrons. The van der Waals surface area contributed by atoms with Crippen molar-refractivity contribution in [2.75, 3.05) is 34.0 Å². The number of hydrogen-bond acceptors (Lipinski definition) is 4. The zero-order valence-corrected chi connectivity index (χ0v) is 13.9. The van der Waals surface area contributed by atoms with Crippen molar-refractivity contribution in [1.82, 2.24) is 10.6 Å². The summed E-state index contributed by atoms with van der Waals surface area (Å²) in [4.78, 5) is 4.19. The van der Waals surface area contributed by atoms with E-state index < -0.39 is 0 Å². The first-order chi connectivity index (χ1) is 10.6. The topological polar surface area (TPSA) is 64.1 Å². The standard InChI is InChI=1S/C15H22ClN3O3/c1-10(9-20-3)19-15(17-2)18-8-11-6-12(16)14-13(7-11)21-4-5-22-14/h6-7,10H,4-5,8-9H2,1-3H3,(H2,17,18,19). The summed E-state index contributed by atoms with van der Waals surface area (Å²) in [6, 6.07) is 3.97. The lowest BCUT2D eigenvalue weighted by Crippen LogP contribution is -2.43. The van der Waals surface area contributed by atoms with Crippen LogP contribution in [0.1, 0.15) is 12.5 Å². The number of nitrogens with one attached hydrogen (secondary N) is 2. The number of aliphatic imine (C=N–C) groups is 1. The van der Waals surface area contributed by atoms with E-state index in [1.807, 2.05) is 19.1 Å². The van der Waals surface area contributed by atoms with Crippen molar-refractivity contribution in [2.24, 2.45) is 4.99 Å². The van der Waals surface area contributed by atoms with Gasteiger partial charge in [-0.3, -0.25) is 4.99 Å². The van der Waals surface area contributed by atoms with Crippen LogP contribution in [0.4, 0.5) is 0 Å². The summed E-state index contributed by atoms with van der Waals surface area (Å²) in [5.74, 6) is 2.01. The Balaban J connectivity index is 1.97. The van der Waals surface area contributed by atoms with E-state index in [2.05, 4.69) is 15.6 Å². The highest BCUT2D eigenvalue weighted by atomic mass is 35.5. The number of hydrogen-bond donors (Lipinski definition) is 2. The molecule has 1 aromatic carbocycles. The molecule has 1 heterocycles. The third-order valence-corrected chi connectivity index (χ3v) is 3.42. The Morgan fingerprint density at radius 2 is 2.18 bits per heavy atom. The number of fused-ring (bicyclic) bond motifs is 1. The van der Waals surface area contributed by atoms with E-state index in [9.17, 15) is 0 Å². The van der Waals surface area contributed by atoms with Crippen molar-refractivity contribution < 1.29 is 14.2 Å². The van der Waals surface area contributed by atoms with Crippen LogP contribution in [0.3, 0.4) is 0 Å². The van der Waals surface area contributed by atoms with Crippen LogP contribution in [0.25, 0.3) is 0 Å². The van der Waals surface area contributed by atoms with E-state index in [0.717, 1.165) is 5.56 Å². The van der Waals surface area contributed by atoms with Crippen molar-refractivity contribution in [2.45, 2.75) is 19.5 Å². The number of halogens is 1. The van der Waals surface area contributed by atoms with Crippen molar-refractivity contribution >= 4 is 17.6 Å². The van der Waals surface area contributed by atoms with Gasteiger partial charge in [0, 0.05) is 26.7 Å². The van der Waals surface area contributed by atoms with Gasteiger partial charge < -0.3 is 24.8 Å². The highest BCUT2D eigenvalue weighted by molar-refractivity contribution is 6.32. The smallest absolute Gasteiger partial charge is 0.191 e. The maximum absolute atomic E-state index is 6.23. The fourth-order valence-corrected chi connectivity index (χ4v) is 2.46. The lowest BCUT2D eigenvalue weighted by atomic mass is 10.2. The highest BCUT2D eigenvalue weighted by Crippen LogP contribution is 2.38. The molecule has 0 aliphatic carbocycles. The Morgan fingerprint density at radius 1 is 1.41 bits per heavy atom. The molecular formula is C15H22ClN3O3. The molecule has 0 saturated carbocycles. The molecule has 2 rings (SSSR count). The van der Waals surface area contributed by atoms with Gasteiger partial charge in [-0.2, -0.15) is 0 Å². The molecule has 0 fully saturated rings. The van der Waals surface area contributed by atoms with Gasteiger partial charge in [0.1, 0.15) is 13.2 Å². The lowest BCUT2D eigenvalue weighted by Gasteiger charge is -2.21. The van der Waals surface area contributed by atoms with E-state index in [4.69, 9.17) is 25.8 Å². The van der Waals surface area contributed by atoms with E-state index >= 15 is 0 Å². The normalized spacial score (nSPS) is 15.4. The zero-order chi connectivity index (χ0) is 15.9. The summed E-state index contributed by atoms with van der Waals surface area (Å²) in [5.41, 5.74) is 0.997. The number of guanidine groups is 1. The minimum Gasteiger partial charge on any atom is -0.486 e. The molecule has 0 saturated heterocycles. The minimum absolute atomic E-state index is 0.167. The van der Waals surface area contributed by atoms with Gasteiger partial charge in [0.05, 0.1) is 11.6 Å². The fraction of sp³-hybridized carbons (Fsp3) is 0.533. The van der Waals surface area contributed by atoms with Crippen LogP contribution >= 0.6 is 11.6 Å². The number of ether oxygens (including phenoxy) is 3. The highest BCUT2D eigenvalue weighted by Gasteiger charge is 2.16. The average molecular weight is 328 g/mol. The molecule has 2 N–H and O–H groups in total. The molecule has 0 aromatic heterocycles. The number of nitrogens with zero attached hydrogens (tertiary/aromatic N) is 1. The molecule has 1 unspecified atom stereocenters. The van der Waals surface area contributed by atoms with Crippen LogP contribution in [0.2, 0.25) is 5.02 Å². The number of methoxy groups -OCH3 is 1. The third kappa shape index (κ3) is 4.42. The van der Waals surface area contributed by atoms with E-state index in [1.54, 1.807) is 14.2 Å². The Bertz CT molecular complexity index is 537. The second-order valence-corrected chi connectivity index (χ2v) is 5.44. The monoisotopic (exact) mass is 327 g/mol. The average Bonchev–Trinajstić information content (AvgIpc) is 2.51. The van der Waals surface area contributed by atoms with Gasteiger partial charge in [0.2, 0.25) is 0 Å². The van der Waals surface area contributed by atoms with Crippen LogP contribution in [-0.2, 0) is 11.3 Å². The predicted molar refractivity (Wildman–Crippen MR) is 87.1 cm³/mol. The third-order valence-electron chi connectivity index (χ3n) is 3.14. The van der Waals surface area contributed by atoms with Crippen molar-refractivity contribution in [3.8, 4) is 11.5 Å². The molecule has 1 aromatic rings. The Hall–Kier alpha value is -1.66. The predicted octanol–water partition coefficient (Wildman–Crippen LogP) is 1.81. The summed E-state index contributed by atoms with van der Waals surface area (Å²) in [7, 11) is 3.40. The van der Waals surface area contributed by atoms with Gasteiger partial charge in [-0.15, -0.1) is 0 Å². The van der Waals surface area contributed by atoms with Crippen molar-refractivity contribution in [3.63, 3.8) is 0 Å². The molecule has 6 nitrogen and oxygen atoms in total. The summed E-state index contributed by atoms with van der Waals surface area (Å²) < 4.78 is 16.2. The van der Waals surface area contributed by atoms with Gasteiger partial charge in [0.25, 0.3) is 0 Å². The second-order valence-electron chi connectivity index (χ2n) is 5.03. The summed E-state index contributed by atoms with van der Waals surface area (Å²) in [6.07, 6.45) is 0. The summed E-state index contributed by atoms with van der Waals surface area (Å²) in [6.45, 7) is 4.28. The molecule has 122 valence electrons. The zero-order valence-electron chi connectivity index (χ0n) is 13.1. The van der Waals surface area contributed by atoms with Gasteiger partial charge >= 0.3 is 0 Å². The molecule has 22 heavy (non-hydrogen) atoms. The van der Waals surface area contributed by atoms with Gasteiger partial charge in [-0.05, 0) is 24.6 Å². The molecular weight excluding hydrogens is 306 g/mol. The number of benzene rings is 1. The first kappa shape index (κ1) is 16.7. The van der Waals surface area contributed by atoms with Crippen molar-refractivity contribution in [3.05, 3.63) is 22.7 Å². The first-order valence-electron chi connectivity index (χ1n) is 7.18. The SMILES string of the molecule is CN=C(NCc1cc(Cl)c2c(c1)OCCO2)NC(C)COC. The Morgan fingerprint density at radius 3 is 2.91 bits per heavy atom. The van der Waals surface area contributed by atoms with E-state index in [1.165, 1.54) is 0 Å². The molecule has 1 atom stereocenters. The maximum atomic E-state index is 6.23. The largest absolute Gasteiger partial charge is 0.486 e. The van der Waals surface area contributed by atoms with E-state index in [0.29, 0.717) is 48.8 Å². The van der Waals surface area contributed by atoms with Crippen LogP contribution in [0.5, 0.6) is 11.5 Å². The summed E-state index contributed by atoms with van der Waals surface area (Å²) in [5, 5.41) is 7.04. The van der Waals surface area contributed by atoms with Crippen molar-refractivity contribution in [1.29, 1.82) is 0 Å². The lowest BCUT2D eigenvalue weighted by molar-refractivity contribution is 0.171. The fourth-order valence-electron chi connectivity index (χ4n) is 2.17. The summed E-state index contributed by atoms with van der Waals surface area (Å²) >= 11 is 6.23. The van der Waals surface area contributed by atoms with Gasteiger partial charge in [0.15, 0.2) is 17.5 Å². The van der Waals surface area contributed by atoms with Crippen LogP contribution in [-0.4, -0.2) is 46.0 Å². The second kappa shape index (κ2) is 8.10. The molecule has 1 aliphatic heterocycles. The number of rotatable bonds is 5. The van der Waals surface area contributed by atoms with E-state index in [-0.39, 0.29) is 6.04 Å². The molecule has 7 heteroatoms. The first-order valence-corrected chi connectivity index (χ1v) is 7.56. The quantitative estimate of drug-likeness (QED) is 0.638. The maximum Gasteiger partial charge on any atom is 0.191 e. The Labute approximate surface area is 135 Å². The Kier molecular flexibility index (Phi) is 6.15. The molecule has 0 spiro atoms.